The highest BCUT2D eigenvalue weighted by Crippen LogP contribution is 2.26. The van der Waals surface area contributed by atoms with Crippen LogP contribution in [0.1, 0.15) is 16.7 Å². The summed E-state index contributed by atoms with van der Waals surface area (Å²) in [5, 5.41) is 0. The molecular formula is C16H18BrNO2. The van der Waals surface area contributed by atoms with Crippen LogP contribution < -0.4 is 15.2 Å². The van der Waals surface area contributed by atoms with Crippen LogP contribution in [0.25, 0.3) is 0 Å². The number of benzene rings is 2. The SMILES string of the molecule is COc1ccc(CN)cc1COc1cc(Br)ccc1C. The molecular weight excluding hydrogens is 318 g/mol. The van der Waals surface area contributed by atoms with E-state index in [-0.39, 0.29) is 0 Å². The van der Waals surface area contributed by atoms with Gasteiger partial charge in [-0.2, -0.15) is 0 Å². The third-order valence-electron chi connectivity index (χ3n) is 3.11. The van der Waals surface area contributed by atoms with Crippen molar-refractivity contribution >= 4 is 15.9 Å². The zero-order valence-electron chi connectivity index (χ0n) is 11.7. The van der Waals surface area contributed by atoms with E-state index in [1.807, 2.05) is 43.3 Å². The number of ether oxygens (including phenoxy) is 2. The zero-order valence-corrected chi connectivity index (χ0v) is 13.2. The van der Waals surface area contributed by atoms with Gasteiger partial charge in [0.2, 0.25) is 0 Å². The van der Waals surface area contributed by atoms with Crippen molar-refractivity contribution in [1.82, 2.24) is 0 Å². The molecule has 0 spiro atoms. The first-order valence-corrected chi connectivity index (χ1v) is 7.18. The third-order valence-corrected chi connectivity index (χ3v) is 3.61. The highest BCUT2D eigenvalue weighted by Gasteiger charge is 2.07. The second-order valence-corrected chi connectivity index (χ2v) is 5.46. The minimum atomic E-state index is 0.453. The molecule has 2 N–H and O–H groups in total. The van der Waals surface area contributed by atoms with Crippen LogP contribution in [-0.2, 0) is 13.2 Å². The van der Waals surface area contributed by atoms with Crippen molar-refractivity contribution in [2.75, 3.05) is 7.11 Å². The van der Waals surface area contributed by atoms with Gasteiger partial charge >= 0.3 is 0 Å². The summed E-state index contributed by atoms with van der Waals surface area (Å²) in [7, 11) is 1.66. The van der Waals surface area contributed by atoms with Crippen LogP contribution in [0.2, 0.25) is 0 Å². The largest absolute Gasteiger partial charge is 0.496 e. The van der Waals surface area contributed by atoms with Crippen molar-refractivity contribution < 1.29 is 9.47 Å². The molecule has 0 amide bonds. The highest BCUT2D eigenvalue weighted by molar-refractivity contribution is 9.10. The maximum atomic E-state index is 5.89. The maximum Gasteiger partial charge on any atom is 0.125 e. The Morgan fingerprint density at radius 2 is 1.90 bits per heavy atom. The molecule has 0 unspecified atom stereocenters. The number of halogens is 1. The average Bonchev–Trinajstić information content (AvgIpc) is 2.47. The lowest BCUT2D eigenvalue weighted by atomic mass is 10.1. The Morgan fingerprint density at radius 1 is 1.10 bits per heavy atom. The molecule has 0 aliphatic carbocycles. The summed E-state index contributed by atoms with van der Waals surface area (Å²) in [5.41, 5.74) is 8.83. The van der Waals surface area contributed by atoms with Crippen LogP contribution in [0.3, 0.4) is 0 Å². The average molecular weight is 336 g/mol. The molecule has 0 aliphatic heterocycles. The number of hydrogen-bond donors (Lipinski definition) is 1. The van der Waals surface area contributed by atoms with Gasteiger partial charge in [0.05, 0.1) is 7.11 Å². The fraction of sp³-hybridized carbons (Fsp3) is 0.250. The zero-order chi connectivity index (χ0) is 14.5. The van der Waals surface area contributed by atoms with Crippen LogP contribution in [0.4, 0.5) is 0 Å². The Balaban J connectivity index is 2.19. The van der Waals surface area contributed by atoms with Crippen LogP contribution in [0.5, 0.6) is 11.5 Å². The van der Waals surface area contributed by atoms with Crippen molar-refractivity contribution in [3.63, 3.8) is 0 Å². The molecule has 2 aromatic carbocycles. The lowest BCUT2D eigenvalue weighted by Crippen LogP contribution is -2.03. The number of nitrogens with two attached hydrogens (primary N) is 1. The molecule has 0 atom stereocenters. The number of rotatable bonds is 5. The van der Waals surface area contributed by atoms with Crippen molar-refractivity contribution in [3.8, 4) is 11.5 Å². The Hall–Kier alpha value is -1.52. The maximum absolute atomic E-state index is 5.89. The van der Waals surface area contributed by atoms with E-state index >= 15 is 0 Å². The molecule has 0 saturated heterocycles. The number of aryl methyl sites for hydroxylation is 1. The quantitative estimate of drug-likeness (QED) is 0.903. The van der Waals surface area contributed by atoms with E-state index < -0.39 is 0 Å². The van der Waals surface area contributed by atoms with Crippen molar-refractivity contribution in [2.45, 2.75) is 20.1 Å². The molecule has 0 aliphatic rings. The first-order chi connectivity index (χ1) is 9.63. The molecule has 0 radical (unpaired) electrons. The lowest BCUT2D eigenvalue weighted by Gasteiger charge is -2.13. The Kier molecular flexibility index (Phi) is 5.04. The number of methoxy groups -OCH3 is 1. The summed E-state index contributed by atoms with van der Waals surface area (Å²) in [4.78, 5) is 0. The summed E-state index contributed by atoms with van der Waals surface area (Å²) in [5.74, 6) is 1.68. The van der Waals surface area contributed by atoms with Crippen molar-refractivity contribution in [1.29, 1.82) is 0 Å². The summed E-state index contributed by atoms with van der Waals surface area (Å²) >= 11 is 3.45. The predicted molar refractivity (Wildman–Crippen MR) is 84.1 cm³/mol. The van der Waals surface area contributed by atoms with E-state index in [4.69, 9.17) is 15.2 Å². The topological polar surface area (TPSA) is 44.5 Å². The molecule has 0 aromatic heterocycles. The standard InChI is InChI=1S/C16H18BrNO2/c1-11-3-5-14(17)8-16(11)20-10-13-7-12(9-18)4-6-15(13)19-2/h3-8H,9-10,18H2,1-2H3. The van der Waals surface area contributed by atoms with Crippen molar-refractivity contribution in [3.05, 3.63) is 57.6 Å². The molecule has 0 heterocycles. The molecule has 0 saturated carbocycles. The molecule has 0 fully saturated rings. The normalized spacial score (nSPS) is 10.4. The summed E-state index contributed by atoms with van der Waals surface area (Å²) < 4.78 is 12.3. The Bertz CT molecular complexity index is 599. The van der Waals surface area contributed by atoms with Gasteiger partial charge in [0.25, 0.3) is 0 Å². The summed E-state index contributed by atoms with van der Waals surface area (Å²) in [6, 6.07) is 11.9. The molecule has 0 bridgehead atoms. The van der Waals surface area contributed by atoms with Crippen LogP contribution in [-0.4, -0.2) is 7.11 Å². The van der Waals surface area contributed by atoms with Gasteiger partial charge in [-0.3, -0.25) is 0 Å². The van der Waals surface area contributed by atoms with E-state index in [1.54, 1.807) is 7.11 Å². The first kappa shape index (κ1) is 14.9. The van der Waals surface area contributed by atoms with E-state index in [0.717, 1.165) is 32.7 Å². The molecule has 3 nitrogen and oxygen atoms in total. The fourth-order valence-electron chi connectivity index (χ4n) is 1.96. The van der Waals surface area contributed by atoms with E-state index in [2.05, 4.69) is 15.9 Å². The minimum absolute atomic E-state index is 0.453. The van der Waals surface area contributed by atoms with Gasteiger partial charge in [0.1, 0.15) is 18.1 Å². The second-order valence-electron chi connectivity index (χ2n) is 4.55. The summed E-state index contributed by atoms with van der Waals surface area (Å²) in [6.07, 6.45) is 0. The third kappa shape index (κ3) is 3.52. The second kappa shape index (κ2) is 6.77. The minimum Gasteiger partial charge on any atom is -0.496 e. The molecule has 20 heavy (non-hydrogen) atoms. The van der Waals surface area contributed by atoms with Crippen LogP contribution in [0, 0.1) is 6.92 Å². The summed E-state index contributed by atoms with van der Waals surface area (Å²) in [6.45, 7) is 2.98. The lowest BCUT2D eigenvalue weighted by molar-refractivity contribution is 0.294. The van der Waals surface area contributed by atoms with Gasteiger partial charge in [-0.25, -0.2) is 0 Å². The fourth-order valence-corrected chi connectivity index (χ4v) is 2.30. The molecule has 4 heteroatoms. The van der Waals surface area contributed by atoms with Gasteiger partial charge in [-0.1, -0.05) is 28.1 Å². The Morgan fingerprint density at radius 3 is 2.60 bits per heavy atom. The van der Waals surface area contributed by atoms with Gasteiger partial charge in [-0.05, 0) is 42.3 Å². The van der Waals surface area contributed by atoms with Crippen LogP contribution in [0.15, 0.2) is 40.9 Å². The van der Waals surface area contributed by atoms with E-state index in [1.165, 1.54) is 0 Å². The van der Waals surface area contributed by atoms with Gasteiger partial charge in [0.15, 0.2) is 0 Å². The van der Waals surface area contributed by atoms with Crippen LogP contribution >= 0.6 is 15.9 Å². The van der Waals surface area contributed by atoms with E-state index in [9.17, 15) is 0 Å². The highest BCUT2D eigenvalue weighted by atomic mass is 79.9. The van der Waals surface area contributed by atoms with E-state index in [0.29, 0.717) is 13.2 Å². The van der Waals surface area contributed by atoms with Gasteiger partial charge in [0, 0.05) is 16.6 Å². The monoisotopic (exact) mass is 335 g/mol. The number of hydrogen-bond acceptors (Lipinski definition) is 3. The smallest absolute Gasteiger partial charge is 0.125 e. The first-order valence-electron chi connectivity index (χ1n) is 6.39. The van der Waals surface area contributed by atoms with Gasteiger partial charge < -0.3 is 15.2 Å². The van der Waals surface area contributed by atoms with Gasteiger partial charge in [-0.15, -0.1) is 0 Å². The molecule has 106 valence electrons. The molecule has 2 rings (SSSR count). The predicted octanol–water partition coefficient (Wildman–Crippen LogP) is 3.80. The molecule has 2 aromatic rings. The van der Waals surface area contributed by atoms with Crippen molar-refractivity contribution in [2.24, 2.45) is 5.73 Å². The Labute approximate surface area is 127 Å².